The van der Waals surface area contributed by atoms with Crippen LogP contribution in [0.25, 0.3) is 0 Å². The van der Waals surface area contributed by atoms with Crippen molar-refractivity contribution < 1.29 is 9.84 Å². The van der Waals surface area contributed by atoms with Gasteiger partial charge in [-0.1, -0.05) is 18.6 Å². The average Bonchev–Trinajstić information content (AvgIpc) is 2.38. The van der Waals surface area contributed by atoms with Crippen molar-refractivity contribution >= 4 is 23.5 Å². The van der Waals surface area contributed by atoms with E-state index in [1.165, 1.54) is 5.75 Å². The van der Waals surface area contributed by atoms with Crippen molar-refractivity contribution in [3.8, 4) is 5.75 Å². The highest BCUT2D eigenvalue weighted by Crippen LogP contribution is 2.41. The molecule has 0 aromatic heterocycles. The van der Waals surface area contributed by atoms with Crippen LogP contribution < -0.4 is 4.74 Å². The molecule has 2 rings (SSSR count). The van der Waals surface area contributed by atoms with Gasteiger partial charge in [0.2, 0.25) is 0 Å². The number of ether oxygens (including phenoxy) is 1. The molecule has 0 radical (unpaired) electrons. The number of aliphatic hydroxyl groups is 1. The SMILES string of the molecule is COc1ccc(C)cc1C(O)C1SCCSC1C. The first-order chi connectivity index (χ1) is 8.63. The summed E-state index contributed by atoms with van der Waals surface area (Å²) in [6, 6.07) is 6.00. The summed E-state index contributed by atoms with van der Waals surface area (Å²) in [5.74, 6) is 3.08. The van der Waals surface area contributed by atoms with E-state index >= 15 is 0 Å². The Balaban J connectivity index is 2.26. The predicted octanol–water partition coefficient (Wildman–Crippen LogP) is 3.27. The van der Waals surface area contributed by atoms with Crippen LogP contribution in [0.3, 0.4) is 0 Å². The van der Waals surface area contributed by atoms with E-state index in [9.17, 15) is 5.11 Å². The summed E-state index contributed by atoms with van der Waals surface area (Å²) in [6.45, 7) is 4.24. The van der Waals surface area contributed by atoms with Crippen molar-refractivity contribution in [2.45, 2.75) is 30.5 Å². The van der Waals surface area contributed by atoms with Gasteiger partial charge in [-0.3, -0.25) is 0 Å². The van der Waals surface area contributed by atoms with Crippen LogP contribution in [0.1, 0.15) is 24.2 Å². The van der Waals surface area contributed by atoms with Crippen molar-refractivity contribution in [1.82, 2.24) is 0 Å². The summed E-state index contributed by atoms with van der Waals surface area (Å²) in [7, 11) is 1.66. The summed E-state index contributed by atoms with van der Waals surface area (Å²) < 4.78 is 5.37. The largest absolute Gasteiger partial charge is 0.496 e. The van der Waals surface area contributed by atoms with Crippen LogP contribution in [0.5, 0.6) is 5.75 Å². The summed E-state index contributed by atoms with van der Waals surface area (Å²) in [4.78, 5) is 0. The lowest BCUT2D eigenvalue weighted by molar-refractivity contribution is 0.170. The Morgan fingerprint density at radius 2 is 2.06 bits per heavy atom. The molecule has 2 nitrogen and oxygen atoms in total. The number of thioether (sulfide) groups is 2. The average molecular weight is 284 g/mol. The quantitative estimate of drug-likeness (QED) is 0.922. The lowest BCUT2D eigenvalue weighted by Gasteiger charge is -2.32. The van der Waals surface area contributed by atoms with Gasteiger partial charge in [0.15, 0.2) is 0 Å². The minimum Gasteiger partial charge on any atom is -0.496 e. The van der Waals surface area contributed by atoms with Crippen LogP contribution in [0.4, 0.5) is 0 Å². The fourth-order valence-electron chi connectivity index (χ4n) is 2.26. The molecule has 100 valence electrons. The normalized spacial score (nSPS) is 25.8. The first-order valence-corrected chi connectivity index (χ1v) is 8.29. The number of methoxy groups -OCH3 is 1. The van der Waals surface area contributed by atoms with Crippen molar-refractivity contribution in [2.75, 3.05) is 18.6 Å². The molecule has 1 heterocycles. The van der Waals surface area contributed by atoms with Crippen LogP contribution >= 0.6 is 23.5 Å². The molecular weight excluding hydrogens is 264 g/mol. The zero-order valence-electron chi connectivity index (χ0n) is 11.1. The van der Waals surface area contributed by atoms with Gasteiger partial charge in [0.25, 0.3) is 0 Å². The second-order valence-electron chi connectivity index (χ2n) is 4.60. The van der Waals surface area contributed by atoms with Crippen molar-refractivity contribution in [1.29, 1.82) is 0 Å². The molecule has 0 aliphatic carbocycles. The third-order valence-electron chi connectivity index (χ3n) is 3.25. The van der Waals surface area contributed by atoms with Crippen molar-refractivity contribution in [3.63, 3.8) is 0 Å². The second-order valence-corrected chi connectivity index (χ2v) is 7.37. The van der Waals surface area contributed by atoms with Gasteiger partial charge in [-0.05, 0) is 19.1 Å². The van der Waals surface area contributed by atoms with E-state index in [1.807, 2.05) is 48.6 Å². The number of hydrogen-bond acceptors (Lipinski definition) is 4. The molecule has 0 amide bonds. The lowest BCUT2D eigenvalue weighted by atomic mass is 10.0. The summed E-state index contributed by atoms with van der Waals surface area (Å²) in [6.07, 6.45) is -0.451. The van der Waals surface area contributed by atoms with Crippen LogP contribution in [-0.4, -0.2) is 34.2 Å². The molecule has 1 fully saturated rings. The van der Waals surface area contributed by atoms with E-state index in [-0.39, 0.29) is 5.25 Å². The Morgan fingerprint density at radius 1 is 1.33 bits per heavy atom. The van der Waals surface area contributed by atoms with Gasteiger partial charge < -0.3 is 9.84 Å². The molecule has 1 saturated heterocycles. The highest BCUT2D eigenvalue weighted by Gasteiger charge is 2.31. The molecule has 4 heteroatoms. The number of aliphatic hydroxyl groups excluding tert-OH is 1. The molecule has 3 atom stereocenters. The molecular formula is C14H20O2S2. The maximum atomic E-state index is 10.6. The Bertz CT molecular complexity index is 409. The maximum absolute atomic E-state index is 10.6. The first-order valence-electron chi connectivity index (χ1n) is 6.19. The van der Waals surface area contributed by atoms with Gasteiger partial charge in [0.1, 0.15) is 5.75 Å². The second kappa shape index (κ2) is 6.22. The Kier molecular flexibility index (Phi) is 4.87. The van der Waals surface area contributed by atoms with Gasteiger partial charge >= 0.3 is 0 Å². The Morgan fingerprint density at radius 3 is 2.72 bits per heavy atom. The van der Waals surface area contributed by atoms with Gasteiger partial charge in [-0.25, -0.2) is 0 Å². The molecule has 3 unspecified atom stereocenters. The van der Waals surface area contributed by atoms with Crippen molar-refractivity contribution in [2.24, 2.45) is 0 Å². The van der Waals surface area contributed by atoms with E-state index in [1.54, 1.807) is 7.11 Å². The van der Waals surface area contributed by atoms with Crippen LogP contribution in [0.15, 0.2) is 18.2 Å². The number of rotatable bonds is 3. The van der Waals surface area contributed by atoms with E-state index in [0.717, 1.165) is 22.6 Å². The topological polar surface area (TPSA) is 29.5 Å². The lowest BCUT2D eigenvalue weighted by Crippen LogP contribution is -2.29. The van der Waals surface area contributed by atoms with Gasteiger partial charge in [-0.2, -0.15) is 23.5 Å². The highest BCUT2D eigenvalue weighted by atomic mass is 32.2. The molecule has 0 spiro atoms. The summed E-state index contributed by atoms with van der Waals surface area (Å²) in [5.41, 5.74) is 2.08. The zero-order valence-corrected chi connectivity index (χ0v) is 12.7. The molecule has 0 saturated carbocycles. The van der Waals surface area contributed by atoms with Crippen molar-refractivity contribution in [3.05, 3.63) is 29.3 Å². The molecule has 1 N–H and O–H groups in total. The maximum Gasteiger partial charge on any atom is 0.124 e. The fourth-order valence-corrected chi connectivity index (χ4v) is 5.08. The van der Waals surface area contributed by atoms with Gasteiger partial charge in [-0.15, -0.1) is 0 Å². The highest BCUT2D eigenvalue weighted by molar-refractivity contribution is 8.07. The molecule has 0 bridgehead atoms. The standard InChI is InChI=1S/C14H20O2S2/c1-9-4-5-12(16-3)11(8-9)13(15)14-10(2)17-6-7-18-14/h4-5,8,10,13-15H,6-7H2,1-3H3. The molecule has 1 aromatic rings. The summed E-state index contributed by atoms with van der Waals surface area (Å²) >= 11 is 3.82. The summed E-state index contributed by atoms with van der Waals surface area (Å²) in [5, 5.41) is 11.4. The van der Waals surface area contributed by atoms with E-state index in [0.29, 0.717) is 5.25 Å². The predicted molar refractivity (Wildman–Crippen MR) is 80.9 cm³/mol. The minimum absolute atomic E-state index is 0.249. The monoisotopic (exact) mass is 284 g/mol. The Hall–Kier alpha value is -0.320. The van der Waals surface area contributed by atoms with Gasteiger partial charge in [0.05, 0.1) is 13.2 Å². The van der Waals surface area contributed by atoms with Crippen LogP contribution in [0, 0.1) is 6.92 Å². The molecule has 1 aliphatic rings. The number of benzene rings is 1. The molecule has 18 heavy (non-hydrogen) atoms. The zero-order chi connectivity index (χ0) is 13.1. The number of aryl methyl sites for hydroxylation is 1. The van der Waals surface area contributed by atoms with Crippen LogP contribution in [-0.2, 0) is 0 Å². The number of hydrogen-bond donors (Lipinski definition) is 1. The third kappa shape index (κ3) is 2.98. The minimum atomic E-state index is -0.451. The molecule has 1 aromatic carbocycles. The van der Waals surface area contributed by atoms with Gasteiger partial charge in [0, 0.05) is 27.6 Å². The van der Waals surface area contributed by atoms with Crippen LogP contribution in [0.2, 0.25) is 0 Å². The molecule has 1 aliphatic heterocycles. The third-order valence-corrected chi connectivity index (χ3v) is 6.43. The first kappa shape index (κ1) is 14.1. The van der Waals surface area contributed by atoms with E-state index < -0.39 is 6.10 Å². The Labute approximate surface area is 117 Å². The van der Waals surface area contributed by atoms with E-state index in [4.69, 9.17) is 4.74 Å². The smallest absolute Gasteiger partial charge is 0.124 e. The van der Waals surface area contributed by atoms with E-state index in [2.05, 4.69) is 6.92 Å². The fraction of sp³-hybridized carbons (Fsp3) is 0.571.